The Hall–Kier alpha value is -4.44. The first kappa shape index (κ1) is 24.3. The first-order chi connectivity index (χ1) is 18.1. The molecule has 9 nitrogen and oxygen atoms in total. The number of nitrogens with zero attached hydrogens (tertiary/aromatic N) is 4. The molecular formula is C26H23ClFN7O2. The van der Waals surface area contributed by atoms with E-state index in [-0.39, 0.29) is 12.4 Å². The van der Waals surface area contributed by atoms with Crippen LogP contribution in [0.1, 0.15) is 11.1 Å². The highest BCUT2D eigenvalue weighted by Gasteiger charge is 2.21. The number of hydrogen-bond donors (Lipinski definition) is 3. The van der Waals surface area contributed by atoms with Crippen LogP contribution in [0, 0.1) is 5.82 Å². The third-order valence-electron chi connectivity index (χ3n) is 5.72. The van der Waals surface area contributed by atoms with Crippen molar-refractivity contribution in [3.8, 4) is 11.5 Å². The highest BCUT2D eigenvalue weighted by molar-refractivity contribution is 6.48. The minimum atomic E-state index is -0.318. The number of nitrogens with one attached hydrogen (secondary N) is 2. The average Bonchev–Trinajstić information content (AvgIpc) is 3.43. The zero-order valence-electron chi connectivity index (χ0n) is 19.8. The van der Waals surface area contributed by atoms with Crippen molar-refractivity contribution in [3.63, 3.8) is 0 Å². The van der Waals surface area contributed by atoms with Gasteiger partial charge in [-0.3, -0.25) is 4.99 Å². The van der Waals surface area contributed by atoms with Crippen molar-refractivity contribution in [3.05, 3.63) is 82.9 Å². The van der Waals surface area contributed by atoms with Crippen LogP contribution in [0.25, 0.3) is 10.9 Å². The van der Waals surface area contributed by atoms with Crippen LogP contribution in [0.5, 0.6) is 11.5 Å². The zero-order chi connectivity index (χ0) is 25.8. The Morgan fingerprint density at radius 1 is 1.16 bits per heavy atom. The van der Waals surface area contributed by atoms with Crippen LogP contribution in [-0.2, 0) is 6.61 Å². The number of ether oxygens (including phenoxy) is 2. The van der Waals surface area contributed by atoms with Crippen molar-refractivity contribution in [1.82, 2.24) is 15.3 Å². The van der Waals surface area contributed by atoms with Crippen LogP contribution in [0.2, 0.25) is 5.02 Å². The molecule has 0 unspecified atom stereocenters. The molecule has 0 saturated heterocycles. The molecule has 0 aliphatic carbocycles. The third kappa shape index (κ3) is 5.24. The summed E-state index contributed by atoms with van der Waals surface area (Å²) >= 11 is 6.47. The van der Waals surface area contributed by atoms with Gasteiger partial charge in [0.15, 0.2) is 0 Å². The largest absolute Gasteiger partial charge is 0.496 e. The lowest BCUT2D eigenvalue weighted by Crippen LogP contribution is -2.29. The van der Waals surface area contributed by atoms with Crippen LogP contribution in [0.4, 0.5) is 15.9 Å². The molecule has 0 radical (unpaired) electrons. The quantitative estimate of drug-likeness (QED) is 0.179. The van der Waals surface area contributed by atoms with Crippen molar-refractivity contribution < 1.29 is 13.9 Å². The SMILES string of the molecule is COc1cc2ncnc(Nc3ccc(OCc4cccc(F)c4)c(Cl)c3)c2cc1/C(=N\N)C1=NCCN1. The van der Waals surface area contributed by atoms with E-state index in [1.165, 1.54) is 18.5 Å². The Labute approximate surface area is 217 Å². The standard InChI is InChI=1S/C26H23ClFN7O2/c1-36-23-12-21-18(11-19(23)24(35-29)26-30-7-8-31-26)25(33-14-32-21)34-17-5-6-22(20(27)10-17)37-13-15-3-2-4-16(28)9-15/h2-6,9-12,14H,7-8,13,29H2,1H3,(H,30,31)(H,32,33,34)/b35-24+. The van der Waals surface area contributed by atoms with E-state index >= 15 is 0 Å². The number of hydrazone groups is 1. The number of anilines is 2. The molecule has 0 spiro atoms. The molecule has 3 aromatic carbocycles. The minimum Gasteiger partial charge on any atom is -0.496 e. The molecule has 5 rings (SSSR count). The van der Waals surface area contributed by atoms with Crippen molar-refractivity contribution in [2.45, 2.75) is 6.61 Å². The lowest BCUT2D eigenvalue weighted by atomic mass is 10.0. The monoisotopic (exact) mass is 519 g/mol. The highest BCUT2D eigenvalue weighted by Crippen LogP contribution is 2.33. The van der Waals surface area contributed by atoms with Gasteiger partial charge in [0.2, 0.25) is 0 Å². The van der Waals surface area contributed by atoms with E-state index in [0.29, 0.717) is 69.3 Å². The van der Waals surface area contributed by atoms with Gasteiger partial charge in [0.1, 0.15) is 47.6 Å². The third-order valence-corrected chi connectivity index (χ3v) is 6.01. The number of benzene rings is 3. The number of halogens is 2. The summed E-state index contributed by atoms with van der Waals surface area (Å²) < 4.78 is 24.8. The molecule has 1 aromatic heterocycles. The summed E-state index contributed by atoms with van der Waals surface area (Å²) in [5, 5.41) is 11.6. The van der Waals surface area contributed by atoms with E-state index in [2.05, 4.69) is 30.7 Å². The van der Waals surface area contributed by atoms with Crippen LogP contribution < -0.4 is 25.9 Å². The molecule has 2 heterocycles. The summed E-state index contributed by atoms with van der Waals surface area (Å²) in [6.45, 7) is 1.54. The van der Waals surface area contributed by atoms with Crippen LogP contribution in [-0.4, -0.2) is 41.7 Å². The van der Waals surface area contributed by atoms with Gasteiger partial charge in [0, 0.05) is 29.2 Å². The summed E-state index contributed by atoms with van der Waals surface area (Å²) in [6, 6.07) is 15.2. The molecule has 11 heteroatoms. The fourth-order valence-electron chi connectivity index (χ4n) is 3.97. The summed E-state index contributed by atoms with van der Waals surface area (Å²) in [4.78, 5) is 13.2. The maximum Gasteiger partial charge on any atom is 0.150 e. The zero-order valence-corrected chi connectivity index (χ0v) is 20.6. The summed E-state index contributed by atoms with van der Waals surface area (Å²) in [5.74, 6) is 7.60. The van der Waals surface area contributed by atoms with E-state index in [0.717, 1.165) is 5.39 Å². The fourth-order valence-corrected chi connectivity index (χ4v) is 4.21. The summed E-state index contributed by atoms with van der Waals surface area (Å²) in [5.41, 5.74) is 3.19. The fraction of sp³-hybridized carbons (Fsp3) is 0.154. The number of nitrogens with two attached hydrogens (primary N) is 1. The van der Waals surface area contributed by atoms with Crippen molar-refractivity contribution in [1.29, 1.82) is 0 Å². The second-order valence-electron chi connectivity index (χ2n) is 8.12. The molecule has 37 heavy (non-hydrogen) atoms. The number of hydrogen-bond acceptors (Lipinski definition) is 9. The predicted octanol–water partition coefficient (Wildman–Crippen LogP) is 4.42. The van der Waals surface area contributed by atoms with E-state index in [4.69, 9.17) is 26.9 Å². The molecule has 0 bridgehead atoms. The molecule has 0 fully saturated rings. The molecule has 0 saturated carbocycles. The summed E-state index contributed by atoms with van der Waals surface area (Å²) in [7, 11) is 1.57. The van der Waals surface area contributed by atoms with Crippen LogP contribution in [0.3, 0.4) is 0 Å². The van der Waals surface area contributed by atoms with Gasteiger partial charge in [-0.05, 0) is 42.0 Å². The first-order valence-electron chi connectivity index (χ1n) is 11.4. The normalized spacial score (nSPS) is 13.3. The van der Waals surface area contributed by atoms with Gasteiger partial charge in [-0.15, -0.1) is 0 Å². The number of amidine groups is 1. The smallest absolute Gasteiger partial charge is 0.150 e. The lowest BCUT2D eigenvalue weighted by Gasteiger charge is -2.15. The first-order valence-corrected chi connectivity index (χ1v) is 11.8. The Kier molecular flexibility index (Phi) is 7.00. The molecule has 1 aliphatic rings. The molecule has 4 N–H and O–H groups in total. The maximum absolute atomic E-state index is 13.4. The molecule has 0 amide bonds. The van der Waals surface area contributed by atoms with Gasteiger partial charge in [-0.2, -0.15) is 5.10 Å². The Balaban J connectivity index is 1.43. The van der Waals surface area contributed by atoms with Gasteiger partial charge in [0.05, 0.1) is 24.2 Å². The second-order valence-corrected chi connectivity index (χ2v) is 8.52. The topological polar surface area (TPSA) is 119 Å². The molecule has 4 aromatic rings. The molecular weight excluding hydrogens is 497 g/mol. The molecule has 188 valence electrons. The summed E-state index contributed by atoms with van der Waals surface area (Å²) in [6.07, 6.45) is 1.46. The Bertz CT molecular complexity index is 1530. The minimum absolute atomic E-state index is 0.191. The Morgan fingerprint density at radius 2 is 2.05 bits per heavy atom. The lowest BCUT2D eigenvalue weighted by molar-refractivity contribution is 0.306. The van der Waals surface area contributed by atoms with E-state index in [1.807, 2.05) is 12.1 Å². The van der Waals surface area contributed by atoms with Crippen molar-refractivity contribution >= 4 is 45.6 Å². The number of aromatic nitrogens is 2. The average molecular weight is 520 g/mol. The van der Waals surface area contributed by atoms with E-state index in [9.17, 15) is 4.39 Å². The maximum atomic E-state index is 13.4. The van der Waals surface area contributed by atoms with E-state index in [1.54, 1.807) is 37.4 Å². The second kappa shape index (κ2) is 10.7. The van der Waals surface area contributed by atoms with Gasteiger partial charge >= 0.3 is 0 Å². The van der Waals surface area contributed by atoms with Crippen molar-refractivity contribution in [2.24, 2.45) is 15.9 Å². The molecule has 1 aliphatic heterocycles. The predicted molar refractivity (Wildman–Crippen MR) is 143 cm³/mol. The number of rotatable bonds is 8. The van der Waals surface area contributed by atoms with Gasteiger partial charge in [0.25, 0.3) is 0 Å². The number of aliphatic imine (C=N–C) groups is 1. The Morgan fingerprint density at radius 3 is 2.78 bits per heavy atom. The van der Waals surface area contributed by atoms with Crippen LogP contribution >= 0.6 is 11.6 Å². The van der Waals surface area contributed by atoms with Gasteiger partial charge in [-0.1, -0.05) is 23.7 Å². The number of fused-ring (bicyclic) bond motifs is 1. The van der Waals surface area contributed by atoms with E-state index < -0.39 is 0 Å². The molecule has 0 atom stereocenters. The van der Waals surface area contributed by atoms with Gasteiger partial charge < -0.3 is 25.9 Å². The number of methoxy groups -OCH3 is 1. The van der Waals surface area contributed by atoms with Crippen LogP contribution in [0.15, 0.2) is 71.0 Å². The van der Waals surface area contributed by atoms with Gasteiger partial charge in [-0.25, -0.2) is 14.4 Å². The highest BCUT2D eigenvalue weighted by atomic mass is 35.5. The van der Waals surface area contributed by atoms with Crippen molar-refractivity contribution in [2.75, 3.05) is 25.5 Å².